The van der Waals surface area contributed by atoms with Gasteiger partial charge >= 0.3 is 0 Å². The molecule has 0 aromatic heterocycles. The summed E-state index contributed by atoms with van der Waals surface area (Å²) in [7, 11) is -2.02. The summed E-state index contributed by atoms with van der Waals surface area (Å²) in [4.78, 5) is 12.3. The minimum atomic E-state index is -3.64. The van der Waals surface area contributed by atoms with Crippen molar-refractivity contribution in [2.24, 2.45) is 0 Å². The van der Waals surface area contributed by atoms with E-state index in [1.54, 1.807) is 19.2 Å². The molecule has 2 N–H and O–H groups in total. The molecule has 0 unspecified atom stereocenters. The zero-order valence-electron chi connectivity index (χ0n) is 18.4. The van der Waals surface area contributed by atoms with Gasteiger partial charge in [-0.2, -0.15) is 0 Å². The van der Waals surface area contributed by atoms with Crippen LogP contribution in [0.15, 0.2) is 47.4 Å². The molecule has 6 nitrogen and oxygen atoms in total. The number of methoxy groups -OCH3 is 1. The molecule has 0 radical (unpaired) electrons. The van der Waals surface area contributed by atoms with Crippen LogP contribution in [0.25, 0.3) is 0 Å². The summed E-state index contributed by atoms with van der Waals surface area (Å²) in [6.45, 7) is 8.72. The van der Waals surface area contributed by atoms with E-state index in [-0.39, 0.29) is 29.2 Å². The van der Waals surface area contributed by atoms with E-state index in [0.29, 0.717) is 13.0 Å². The largest absolute Gasteiger partial charge is 0.496 e. The number of benzene rings is 2. The Morgan fingerprint density at radius 1 is 1.03 bits per heavy atom. The number of sulfonamides is 1. The van der Waals surface area contributed by atoms with Crippen molar-refractivity contribution in [3.63, 3.8) is 0 Å². The van der Waals surface area contributed by atoms with Crippen LogP contribution in [0.5, 0.6) is 5.75 Å². The first-order chi connectivity index (χ1) is 14.0. The Morgan fingerprint density at radius 3 is 2.30 bits per heavy atom. The van der Waals surface area contributed by atoms with Gasteiger partial charge in [-0.1, -0.05) is 50.6 Å². The van der Waals surface area contributed by atoms with Crippen LogP contribution in [0.1, 0.15) is 43.9 Å². The smallest absolute Gasteiger partial charge is 0.240 e. The Bertz CT molecular complexity index is 962. The molecule has 2 aromatic rings. The lowest BCUT2D eigenvalue weighted by Crippen LogP contribution is -2.31. The molecular weight excluding hydrogens is 400 g/mol. The van der Waals surface area contributed by atoms with Gasteiger partial charge in [-0.3, -0.25) is 4.79 Å². The Kier molecular flexibility index (Phi) is 8.03. The summed E-state index contributed by atoms with van der Waals surface area (Å²) >= 11 is 0. The number of nitrogens with one attached hydrogen (secondary N) is 2. The van der Waals surface area contributed by atoms with Crippen molar-refractivity contribution >= 4 is 15.9 Å². The molecule has 1 amide bonds. The van der Waals surface area contributed by atoms with E-state index in [4.69, 9.17) is 4.74 Å². The molecule has 7 heteroatoms. The quantitative estimate of drug-likeness (QED) is 0.637. The molecule has 0 heterocycles. The molecule has 2 aromatic carbocycles. The first kappa shape index (κ1) is 23.9. The first-order valence-electron chi connectivity index (χ1n) is 10.0. The molecule has 0 saturated heterocycles. The van der Waals surface area contributed by atoms with Crippen LogP contribution in [0.3, 0.4) is 0 Å². The molecule has 164 valence electrons. The summed E-state index contributed by atoms with van der Waals surface area (Å²) < 4.78 is 32.7. The highest BCUT2D eigenvalue weighted by atomic mass is 32.2. The van der Waals surface area contributed by atoms with Crippen molar-refractivity contribution in [1.82, 2.24) is 10.0 Å². The molecule has 0 aliphatic carbocycles. The number of rotatable bonds is 9. The fraction of sp³-hybridized carbons (Fsp3) is 0.435. The lowest BCUT2D eigenvalue weighted by molar-refractivity contribution is -0.120. The van der Waals surface area contributed by atoms with E-state index in [1.807, 2.05) is 37.3 Å². The maximum atomic E-state index is 12.4. The van der Waals surface area contributed by atoms with E-state index in [9.17, 15) is 13.2 Å². The van der Waals surface area contributed by atoms with Crippen LogP contribution in [0.4, 0.5) is 0 Å². The van der Waals surface area contributed by atoms with Crippen LogP contribution < -0.4 is 14.8 Å². The lowest BCUT2D eigenvalue weighted by atomic mass is 9.87. The summed E-state index contributed by atoms with van der Waals surface area (Å²) in [6.07, 6.45) is 0.715. The molecule has 0 bridgehead atoms. The Labute approximate surface area is 180 Å². The predicted octanol–water partition coefficient (Wildman–Crippen LogP) is 3.33. The summed E-state index contributed by atoms with van der Waals surface area (Å²) in [5.74, 6) is 0.590. The molecule has 30 heavy (non-hydrogen) atoms. The van der Waals surface area contributed by atoms with E-state index in [1.165, 1.54) is 0 Å². The number of amides is 1. The highest BCUT2D eigenvalue weighted by molar-refractivity contribution is 7.89. The standard InChI is InChI=1S/C23H32N2O4S/c1-17-6-11-21(29-5)18(16-17)12-14-24-22(26)13-15-25-30(27,28)20-9-7-19(8-10-20)23(2,3)4/h6-11,16,25H,12-15H2,1-5H3,(H,24,26). The van der Waals surface area contributed by atoms with Gasteiger partial charge in [0.2, 0.25) is 15.9 Å². The molecule has 0 atom stereocenters. The third-order valence-corrected chi connectivity index (χ3v) is 6.30. The second-order valence-corrected chi connectivity index (χ2v) is 10.1. The van der Waals surface area contributed by atoms with Gasteiger partial charge in [0, 0.05) is 19.5 Å². The average Bonchev–Trinajstić information content (AvgIpc) is 2.67. The minimum Gasteiger partial charge on any atom is -0.496 e. The van der Waals surface area contributed by atoms with Gasteiger partial charge in [-0.25, -0.2) is 13.1 Å². The molecule has 0 aliphatic heterocycles. The van der Waals surface area contributed by atoms with Gasteiger partial charge in [0.15, 0.2) is 0 Å². The predicted molar refractivity (Wildman–Crippen MR) is 119 cm³/mol. The van der Waals surface area contributed by atoms with Crippen LogP contribution in [-0.2, 0) is 26.7 Å². The number of ether oxygens (including phenoxy) is 1. The number of aryl methyl sites for hydroxylation is 1. The fourth-order valence-corrected chi connectivity index (χ4v) is 4.08. The summed E-state index contributed by atoms with van der Waals surface area (Å²) in [5.41, 5.74) is 3.17. The Hall–Kier alpha value is -2.38. The maximum Gasteiger partial charge on any atom is 0.240 e. The van der Waals surface area contributed by atoms with Gasteiger partial charge in [0.05, 0.1) is 12.0 Å². The zero-order chi connectivity index (χ0) is 22.4. The highest BCUT2D eigenvalue weighted by Crippen LogP contribution is 2.23. The van der Waals surface area contributed by atoms with Gasteiger partial charge < -0.3 is 10.1 Å². The van der Waals surface area contributed by atoms with Crippen molar-refractivity contribution in [1.29, 1.82) is 0 Å². The van der Waals surface area contributed by atoms with Gasteiger partial charge in [0.25, 0.3) is 0 Å². The van der Waals surface area contributed by atoms with E-state index in [0.717, 1.165) is 22.4 Å². The van der Waals surface area contributed by atoms with Gasteiger partial charge in [-0.05, 0) is 48.1 Å². The highest BCUT2D eigenvalue weighted by Gasteiger charge is 2.17. The molecule has 2 rings (SSSR count). The van der Waals surface area contributed by atoms with E-state index < -0.39 is 10.0 Å². The van der Waals surface area contributed by atoms with Crippen molar-refractivity contribution in [3.8, 4) is 5.75 Å². The number of hydrogen-bond acceptors (Lipinski definition) is 4. The van der Waals surface area contributed by atoms with Crippen molar-refractivity contribution in [3.05, 3.63) is 59.2 Å². The lowest BCUT2D eigenvalue weighted by Gasteiger charge is -2.19. The molecular formula is C23H32N2O4S. The Morgan fingerprint density at radius 2 is 1.70 bits per heavy atom. The first-order valence-corrected chi connectivity index (χ1v) is 11.5. The minimum absolute atomic E-state index is 0.0446. The van der Waals surface area contributed by atoms with Crippen LogP contribution >= 0.6 is 0 Å². The summed E-state index contributed by atoms with van der Waals surface area (Å²) in [6, 6.07) is 12.8. The average molecular weight is 433 g/mol. The molecule has 0 fully saturated rings. The third-order valence-electron chi connectivity index (χ3n) is 4.83. The molecule has 0 saturated carbocycles. The van der Waals surface area contributed by atoms with E-state index in [2.05, 4.69) is 30.8 Å². The second-order valence-electron chi connectivity index (χ2n) is 8.34. The van der Waals surface area contributed by atoms with Crippen molar-refractivity contribution in [2.75, 3.05) is 20.2 Å². The molecule has 0 aliphatic rings. The van der Waals surface area contributed by atoms with Crippen molar-refractivity contribution in [2.45, 2.75) is 50.8 Å². The third kappa shape index (κ3) is 6.85. The molecule has 0 spiro atoms. The number of carbonyl (C=O) groups is 1. The van der Waals surface area contributed by atoms with Crippen LogP contribution in [-0.4, -0.2) is 34.5 Å². The normalized spacial score (nSPS) is 11.9. The number of hydrogen-bond donors (Lipinski definition) is 2. The maximum absolute atomic E-state index is 12.4. The van der Waals surface area contributed by atoms with E-state index >= 15 is 0 Å². The monoisotopic (exact) mass is 432 g/mol. The van der Waals surface area contributed by atoms with Gasteiger partial charge in [0.1, 0.15) is 5.75 Å². The fourth-order valence-electron chi connectivity index (χ4n) is 3.04. The summed E-state index contributed by atoms with van der Waals surface area (Å²) in [5, 5.41) is 2.82. The van der Waals surface area contributed by atoms with Crippen LogP contribution in [0, 0.1) is 6.92 Å². The van der Waals surface area contributed by atoms with Crippen LogP contribution in [0.2, 0.25) is 0 Å². The van der Waals surface area contributed by atoms with Crippen molar-refractivity contribution < 1.29 is 17.9 Å². The van der Waals surface area contributed by atoms with Gasteiger partial charge in [-0.15, -0.1) is 0 Å². The Balaban J connectivity index is 1.80. The topological polar surface area (TPSA) is 84.5 Å². The zero-order valence-corrected chi connectivity index (χ0v) is 19.2. The SMILES string of the molecule is COc1ccc(C)cc1CCNC(=O)CCNS(=O)(=O)c1ccc(C(C)(C)C)cc1. The number of carbonyl (C=O) groups excluding carboxylic acids is 1. The second kappa shape index (κ2) is 10.1.